The number of hydrogen-bond donors (Lipinski definition) is 3. The lowest BCUT2D eigenvalue weighted by atomic mass is 10.2. The summed E-state index contributed by atoms with van der Waals surface area (Å²) >= 11 is 6.24. The number of rotatable bonds is 5. The zero-order valence-corrected chi connectivity index (χ0v) is 16.0. The van der Waals surface area contributed by atoms with Crippen molar-refractivity contribution in [1.29, 1.82) is 0 Å². The highest BCUT2D eigenvalue weighted by atomic mass is 35.5. The molecular weight excluding hydrogens is 376 g/mol. The third-order valence-corrected chi connectivity index (χ3v) is 4.73. The molecule has 4 rings (SSSR count). The summed E-state index contributed by atoms with van der Waals surface area (Å²) in [5.74, 6) is 0.933. The summed E-state index contributed by atoms with van der Waals surface area (Å²) in [7, 11) is 0. The number of nitrogens with zero attached hydrogens (tertiary/aromatic N) is 3. The van der Waals surface area contributed by atoms with Crippen molar-refractivity contribution in [3.05, 3.63) is 59.8 Å². The molecule has 0 unspecified atom stereocenters. The zero-order valence-electron chi connectivity index (χ0n) is 15.2. The Labute approximate surface area is 168 Å². The number of para-hydroxylation sites is 2. The minimum Gasteiger partial charge on any atom is -0.397 e. The van der Waals surface area contributed by atoms with Crippen molar-refractivity contribution >= 4 is 46.1 Å². The third-order valence-electron chi connectivity index (χ3n) is 4.46. The quantitative estimate of drug-likeness (QED) is 0.561. The summed E-state index contributed by atoms with van der Waals surface area (Å²) in [4.78, 5) is 11.0. The molecule has 4 N–H and O–H groups in total. The first-order chi connectivity index (χ1) is 13.7. The summed E-state index contributed by atoms with van der Waals surface area (Å²) in [6.07, 6.45) is 1.56. The molecule has 7 nitrogen and oxygen atoms in total. The van der Waals surface area contributed by atoms with E-state index in [4.69, 9.17) is 22.1 Å². The topological polar surface area (TPSA) is 88.3 Å². The second-order valence-corrected chi connectivity index (χ2v) is 6.78. The van der Waals surface area contributed by atoms with Gasteiger partial charge in [0.2, 0.25) is 5.95 Å². The van der Waals surface area contributed by atoms with Crippen LogP contribution in [0.4, 0.5) is 34.5 Å². The molecule has 1 aliphatic rings. The number of hydrogen-bond acceptors (Lipinski definition) is 7. The maximum absolute atomic E-state index is 6.24. The molecule has 0 spiro atoms. The second-order valence-electron chi connectivity index (χ2n) is 6.37. The van der Waals surface area contributed by atoms with E-state index in [9.17, 15) is 0 Å². The van der Waals surface area contributed by atoms with Crippen LogP contribution in [0.25, 0.3) is 0 Å². The lowest BCUT2D eigenvalue weighted by Gasteiger charge is -2.28. The van der Waals surface area contributed by atoms with Crippen molar-refractivity contribution < 1.29 is 4.74 Å². The smallest absolute Gasteiger partial charge is 0.229 e. The molecule has 2 aromatic carbocycles. The van der Waals surface area contributed by atoms with Crippen molar-refractivity contribution in [3.63, 3.8) is 0 Å². The molecule has 144 valence electrons. The largest absolute Gasteiger partial charge is 0.397 e. The summed E-state index contributed by atoms with van der Waals surface area (Å²) in [6.45, 7) is 3.34. The van der Waals surface area contributed by atoms with Crippen LogP contribution in [0.2, 0.25) is 5.02 Å². The van der Waals surface area contributed by atoms with Crippen LogP contribution in [0.3, 0.4) is 0 Å². The van der Waals surface area contributed by atoms with E-state index in [1.165, 1.54) is 5.69 Å². The maximum Gasteiger partial charge on any atom is 0.229 e. The van der Waals surface area contributed by atoms with E-state index >= 15 is 0 Å². The van der Waals surface area contributed by atoms with Crippen LogP contribution in [0, 0.1) is 0 Å². The molecule has 1 aromatic heterocycles. The SMILES string of the molecule is Nc1ccccc1Nc1nc(Nc2ccc(N3CCOCC3)cc2)ncc1Cl. The van der Waals surface area contributed by atoms with Crippen molar-refractivity contribution in [2.24, 2.45) is 0 Å². The van der Waals surface area contributed by atoms with Gasteiger partial charge in [-0.15, -0.1) is 0 Å². The van der Waals surface area contributed by atoms with Gasteiger partial charge >= 0.3 is 0 Å². The molecule has 1 aliphatic heterocycles. The fourth-order valence-corrected chi connectivity index (χ4v) is 3.10. The van der Waals surface area contributed by atoms with E-state index < -0.39 is 0 Å². The first-order valence-corrected chi connectivity index (χ1v) is 9.41. The number of morpholine rings is 1. The minimum absolute atomic E-state index is 0.413. The van der Waals surface area contributed by atoms with Crippen LogP contribution >= 0.6 is 11.6 Å². The summed E-state index contributed by atoms with van der Waals surface area (Å²) in [5, 5.41) is 6.77. The Bertz CT molecular complexity index is 944. The fourth-order valence-electron chi connectivity index (χ4n) is 2.96. The summed E-state index contributed by atoms with van der Waals surface area (Å²) < 4.78 is 5.40. The van der Waals surface area contributed by atoms with Crippen molar-refractivity contribution in [2.45, 2.75) is 0 Å². The molecule has 8 heteroatoms. The van der Waals surface area contributed by atoms with Gasteiger partial charge in [-0.3, -0.25) is 0 Å². The average Bonchev–Trinajstić information content (AvgIpc) is 2.73. The standard InChI is InChI=1S/C20H21ClN6O/c21-16-13-23-20(26-19(16)25-18-4-2-1-3-17(18)22)24-14-5-7-15(8-6-14)27-9-11-28-12-10-27/h1-8,13H,9-12,22H2,(H2,23,24,25,26). The Morgan fingerprint density at radius 1 is 1.00 bits per heavy atom. The molecule has 2 heterocycles. The van der Waals surface area contributed by atoms with E-state index in [1.807, 2.05) is 36.4 Å². The highest BCUT2D eigenvalue weighted by Crippen LogP contribution is 2.28. The van der Waals surface area contributed by atoms with Crippen molar-refractivity contribution in [3.8, 4) is 0 Å². The molecule has 0 bridgehead atoms. The number of anilines is 6. The van der Waals surface area contributed by atoms with E-state index in [2.05, 4.69) is 37.6 Å². The van der Waals surface area contributed by atoms with Gasteiger partial charge in [-0.2, -0.15) is 4.98 Å². The number of nitrogens with one attached hydrogen (secondary N) is 2. The Morgan fingerprint density at radius 3 is 2.50 bits per heavy atom. The van der Waals surface area contributed by atoms with Crippen LogP contribution in [-0.2, 0) is 4.74 Å². The van der Waals surface area contributed by atoms with Crippen LogP contribution in [0.15, 0.2) is 54.7 Å². The van der Waals surface area contributed by atoms with Crippen molar-refractivity contribution in [2.75, 3.05) is 47.6 Å². The van der Waals surface area contributed by atoms with Gasteiger partial charge in [-0.25, -0.2) is 4.98 Å². The molecule has 0 atom stereocenters. The van der Waals surface area contributed by atoms with Gasteiger partial charge in [-0.1, -0.05) is 23.7 Å². The zero-order chi connectivity index (χ0) is 19.3. The van der Waals surface area contributed by atoms with Gasteiger partial charge in [0, 0.05) is 24.5 Å². The predicted molar refractivity (Wildman–Crippen MR) is 114 cm³/mol. The van der Waals surface area contributed by atoms with Gasteiger partial charge < -0.3 is 26.0 Å². The molecule has 0 saturated carbocycles. The van der Waals surface area contributed by atoms with E-state index in [0.29, 0.717) is 22.5 Å². The number of benzene rings is 2. The van der Waals surface area contributed by atoms with Gasteiger partial charge in [0.25, 0.3) is 0 Å². The number of aromatic nitrogens is 2. The Balaban J connectivity index is 1.48. The summed E-state index contributed by atoms with van der Waals surface area (Å²) in [5.41, 5.74) is 9.40. The number of ether oxygens (including phenoxy) is 1. The average molecular weight is 397 g/mol. The monoisotopic (exact) mass is 396 g/mol. The van der Waals surface area contributed by atoms with Crippen molar-refractivity contribution in [1.82, 2.24) is 9.97 Å². The van der Waals surface area contributed by atoms with Gasteiger partial charge in [0.05, 0.1) is 30.8 Å². The van der Waals surface area contributed by atoms with E-state index in [0.717, 1.165) is 37.7 Å². The summed E-state index contributed by atoms with van der Waals surface area (Å²) in [6, 6.07) is 15.6. The molecule has 28 heavy (non-hydrogen) atoms. The lowest BCUT2D eigenvalue weighted by Crippen LogP contribution is -2.36. The molecule has 3 aromatic rings. The molecular formula is C20H21ClN6O. The van der Waals surface area contributed by atoms with Gasteiger partial charge in [0.15, 0.2) is 5.82 Å². The molecule has 0 amide bonds. The first kappa shape index (κ1) is 18.3. The molecule has 1 saturated heterocycles. The lowest BCUT2D eigenvalue weighted by molar-refractivity contribution is 0.122. The number of nitrogens with two attached hydrogens (primary N) is 1. The predicted octanol–water partition coefficient (Wildman–Crippen LogP) is 4.04. The van der Waals surface area contributed by atoms with Crippen LogP contribution in [0.1, 0.15) is 0 Å². The second kappa shape index (κ2) is 8.33. The van der Waals surface area contributed by atoms with E-state index in [-0.39, 0.29) is 0 Å². The normalized spacial score (nSPS) is 14.0. The van der Waals surface area contributed by atoms with Crippen LogP contribution in [-0.4, -0.2) is 36.3 Å². The van der Waals surface area contributed by atoms with Crippen LogP contribution in [0.5, 0.6) is 0 Å². The Hall–Kier alpha value is -3.03. The molecule has 0 radical (unpaired) electrons. The Morgan fingerprint density at radius 2 is 1.75 bits per heavy atom. The third kappa shape index (κ3) is 4.27. The molecule has 1 fully saturated rings. The van der Waals surface area contributed by atoms with Gasteiger partial charge in [-0.05, 0) is 36.4 Å². The Kier molecular flexibility index (Phi) is 5.45. The number of halogens is 1. The fraction of sp³-hybridized carbons (Fsp3) is 0.200. The minimum atomic E-state index is 0.413. The van der Waals surface area contributed by atoms with Gasteiger partial charge in [0.1, 0.15) is 5.02 Å². The van der Waals surface area contributed by atoms with Crippen LogP contribution < -0.4 is 21.3 Å². The first-order valence-electron chi connectivity index (χ1n) is 9.03. The highest BCUT2D eigenvalue weighted by Gasteiger charge is 2.11. The highest BCUT2D eigenvalue weighted by molar-refractivity contribution is 6.33. The number of nitrogen functional groups attached to an aromatic ring is 1. The van der Waals surface area contributed by atoms with E-state index in [1.54, 1.807) is 6.20 Å². The molecule has 0 aliphatic carbocycles. The maximum atomic E-state index is 6.24.